The number of fused-ring (bicyclic) bond motifs is 1. The number of benzene rings is 1. The summed E-state index contributed by atoms with van der Waals surface area (Å²) >= 11 is 1.19. The molecule has 0 N–H and O–H groups in total. The minimum atomic E-state index is 0.143. The van der Waals surface area contributed by atoms with E-state index < -0.39 is 0 Å². The van der Waals surface area contributed by atoms with Crippen LogP contribution in [0.4, 0.5) is 0 Å². The lowest BCUT2D eigenvalue weighted by atomic mass is 10.1. The van der Waals surface area contributed by atoms with Crippen molar-refractivity contribution in [3.8, 4) is 0 Å². The van der Waals surface area contributed by atoms with Gasteiger partial charge in [0.1, 0.15) is 11.0 Å². The quantitative estimate of drug-likeness (QED) is 0.832. The Kier molecular flexibility index (Phi) is 4.25. The molecule has 0 fully saturated rings. The summed E-state index contributed by atoms with van der Waals surface area (Å²) in [6.45, 7) is 2.95. The number of nitrogens with zero attached hydrogens (tertiary/aromatic N) is 3. The molecule has 1 aromatic carbocycles. The maximum Gasteiger partial charge on any atom is 0.226 e. The number of amides is 1. The van der Waals surface area contributed by atoms with Gasteiger partial charge >= 0.3 is 0 Å². The van der Waals surface area contributed by atoms with Crippen LogP contribution in [0.5, 0.6) is 0 Å². The number of carbonyl (C=O) groups is 1. The van der Waals surface area contributed by atoms with Crippen LogP contribution in [0.2, 0.25) is 0 Å². The molecule has 0 saturated heterocycles. The highest BCUT2D eigenvalue weighted by Crippen LogP contribution is 2.17. The molecule has 0 unspecified atom stereocenters. The standard InChI is InChI=1S/C13H17N3OS/c1-3-4-8-16(2)12(17)9-10-6-5-7-11-13(10)15-18-14-11/h5-7H,3-4,8-9H2,1-2H3. The van der Waals surface area contributed by atoms with E-state index in [-0.39, 0.29) is 5.91 Å². The molecule has 18 heavy (non-hydrogen) atoms. The van der Waals surface area contributed by atoms with E-state index in [9.17, 15) is 4.79 Å². The number of hydrogen-bond donors (Lipinski definition) is 0. The first kappa shape index (κ1) is 13.0. The largest absolute Gasteiger partial charge is 0.345 e. The van der Waals surface area contributed by atoms with Crippen LogP contribution in [0, 0.1) is 0 Å². The van der Waals surface area contributed by atoms with Crippen molar-refractivity contribution in [2.45, 2.75) is 26.2 Å². The van der Waals surface area contributed by atoms with Crippen molar-refractivity contribution in [3.05, 3.63) is 23.8 Å². The highest BCUT2D eigenvalue weighted by atomic mass is 32.1. The van der Waals surface area contributed by atoms with Gasteiger partial charge in [0.2, 0.25) is 5.91 Å². The molecule has 0 bridgehead atoms. The smallest absolute Gasteiger partial charge is 0.226 e. The monoisotopic (exact) mass is 263 g/mol. The second-order valence-corrected chi connectivity index (χ2v) is 4.92. The summed E-state index contributed by atoms with van der Waals surface area (Å²) in [5.74, 6) is 0.143. The fraction of sp³-hybridized carbons (Fsp3) is 0.462. The Morgan fingerprint density at radius 2 is 2.22 bits per heavy atom. The molecular weight excluding hydrogens is 246 g/mol. The van der Waals surface area contributed by atoms with Crippen LogP contribution in [0.1, 0.15) is 25.3 Å². The molecule has 2 aromatic rings. The molecule has 0 aliphatic heterocycles. The SMILES string of the molecule is CCCCN(C)C(=O)Cc1cccc2nsnc12. The molecule has 0 spiro atoms. The number of hydrogen-bond acceptors (Lipinski definition) is 4. The summed E-state index contributed by atoms with van der Waals surface area (Å²) in [4.78, 5) is 13.9. The van der Waals surface area contributed by atoms with E-state index in [0.29, 0.717) is 6.42 Å². The molecule has 4 nitrogen and oxygen atoms in total. The van der Waals surface area contributed by atoms with Gasteiger partial charge in [0.05, 0.1) is 18.1 Å². The van der Waals surface area contributed by atoms with Gasteiger partial charge in [-0.3, -0.25) is 4.79 Å². The van der Waals surface area contributed by atoms with Crippen molar-refractivity contribution in [1.29, 1.82) is 0 Å². The van der Waals surface area contributed by atoms with Gasteiger partial charge < -0.3 is 4.90 Å². The van der Waals surface area contributed by atoms with E-state index in [0.717, 1.165) is 36.0 Å². The van der Waals surface area contributed by atoms with Crippen molar-refractivity contribution < 1.29 is 4.79 Å². The van der Waals surface area contributed by atoms with Crippen molar-refractivity contribution in [2.24, 2.45) is 0 Å². The Hall–Kier alpha value is -1.49. The summed E-state index contributed by atoms with van der Waals surface area (Å²) in [7, 11) is 1.86. The van der Waals surface area contributed by atoms with Crippen molar-refractivity contribution in [2.75, 3.05) is 13.6 Å². The Morgan fingerprint density at radius 1 is 1.39 bits per heavy atom. The lowest BCUT2D eigenvalue weighted by molar-refractivity contribution is -0.129. The fourth-order valence-corrected chi connectivity index (χ4v) is 2.39. The van der Waals surface area contributed by atoms with E-state index in [2.05, 4.69) is 15.7 Å². The molecule has 0 atom stereocenters. The topological polar surface area (TPSA) is 46.1 Å². The van der Waals surface area contributed by atoms with E-state index >= 15 is 0 Å². The second-order valence-electron chi connectivity index (χ2n) is 4.39. The molecule has 5 heteroatoms. The first-order valence-corrected chi connectivity index (χ1v) is 6.89. The summed E-state index contributed by atoms with van der Waals surface area (Å²) in [6, 6.07) is 5.81. The number of likely N-dealkylation sites (N-methyl/N-ethyl adjacent to an activating group) is 1. The van der Waals surface area contributed by atoms with Gasteiger partial charge in [0.25, 0.3) is 0 Å². The lowest BCUT2D eigenvalue weighted by Gasteiger charge is -2.16. The molecule has 0 aliphatic rings. The summed E-state index contributed by atoms with van der Waals surface area (Å²) in [5, 5.41) is 0. The van der Waals surface area contributed by atoms with E-state index in [1.165, 1.54) is 11.7 Å². The zero-order chi connectivity index (χ0) is 13.0. The minimum absolute atomic E-state index is 0.143. The van der Waals surface area contributed by atoms with Crippen LogP contribution in [0.15, 0.2) is 18.2 Å². The molecule has 1 heterocycles. The third-order valence-corrected chi connectivity index (χ3v) is 3.53. The van der Waals surface area contributed by atoms with Crippen molar-refractivity contribution in [3.63, 3.8) is 0 Å². The van der Waals surface area contributed by atoms with Gasteiger partial charge in [-0.1, -0.05) is 25.5 Å². The van der Waals surface area contributed by atoms with Crippen LogP contribution in [-0.2, 0) is 11.2 Å². The minimum Gasteiger partial charge on any atom is -0.345 e. The molecule has 1 amide bonds. The third-order valence-electron chi connectivity index (χ3n) is 2.98. The Morgan fingerprint density at radius 3 is 3.00 bits per heavy atom. The van der Waals surface area contributed by atoms with E-state index in [1.54, 1.807) is 4.90 Å². The van der Waals surface area contributed by atoms with Gasteiger partial charge in [-0.05, 0) is 18.1 Å². The van der Waals surface area contributed by atoms with Crippen molar-refractivity contribution >= 4 is 28.7 Å². The lowest BCUT2D eigenvalue weighted by Crippen LogP contribution is -2.29. The molecular formula is C13H17N3OS. The van der Waals surface area contributed by atoms with Gasteiger partial charge in [-0.25, -0.2) is 0 Å². The van der Waals surface area contributed by atoms with Crippen molar-refractivity contribution in [1.82, 2.24) is 13.6 Å². The second kappa shape index (κ2) is 5.91. The third kappa shape index (κ3) is 2.85. The van der Waals surface area contributed by atoms with E-state index in [1.807, 2.05) is 25.2 Å². The normalized spacial score (nSPS) is 10.8. The maximum atomic E-state index is 12.1. The predicted molar refractivity (Wildman–Crippen MR) is 73.7 cm³/mol. The zero-order valence-electron chi connectivity index (χ0n) is 10.7. The van der Waals surface area contributed by atoms with Crippen LogP contribution < -0.4 is 0 Å². The first-order valence-electron chi connectivity index (χ1n) is 6.16. The number of carbonyl (C=O) groups excluding carboxylic acids is 1. The molecule has 0 aliphatic carbocycles. The van der Waals surface area contributed by atoms with Gasteiger partial charge in [-0.15, -0.1) is 0 Å². The molecule has 1 aromatic heterocycles. The molecule has 96 valence electrons. The Balaban J connectivity index is 2.09. The predicted octanol–water partition coefficient (Wildman–Crippen LogP) is 2.49. The molecule has 0 radical (unpaired) electrons. The summed E-state index contributed by atoms with van der Waals surface area (Å²) in [6.07, 6.45) is 2.55. The van der Waals surface area contributed by atoms with Crippen LogP contribution in [-0.4, -0.2) is 33.1 Å². The van der Waals surface area contributed by atoms with Gasteiger partial charge in [0.15, 0.2) is 0 Å². The molecule has 2 rings (SSSR count). The number of aromatic nitrogens is 2. The highest BCUT2D eigenvalue weighted by Gasteiger charge is 2.12. The first-order chi connectivity index (χ1) is 8.72. The highest BCUT2D eigenvalue weighted by molar-refractivity contribution is 7.00. The van der Waals surface area contributed by atoms with Crippen LogP contribution in [0.3, 0.4) is 0 Å². The Labute approximate surface area is 111 Å². The van der Waals surface area contributed by atoms with Gasteiger partial charge in [0, 0.05) is 13.6 Å². The summed E-state index contributed by atoms with van der Waals surface area (Å²) < 4.78 is 8.44. The van der Waals surface area contributed by atoms with Gasteiger partial charge in [-0.2, -0.15) is 8.75 Å². The fourth-order valence-electron chi connectivity index (χ4n) is 1.82. The molecule has 0 saturated carbocycles. The van der Waals surface area contributed by atoms with Crippen LogP contribution in [0.25, 0.3) is 11.0 Å². The number of unbranched alkanes of at least 4 members (excludes halogenated alkanes) is 1. The average Bonchev–Trinajstić information content (AvgIpc) is 2.85. The van der Waals surface area contributed by atoms with Crippen LogP contribution >= 0.6 is 11.7 Å². The van der Waals surface area contributed by atoms with E-state index in [4.69, 9.17) is 0 Å². The maximum absolute atomic E-state index is 12.1. The Bertz CT molecular complexity index is 538. The number of rotatable bonds is 5. The average molecular weight is 263 g/mol. The summed E-state index contributed by atoms with van der Waals surface area (Å²) in [5.41, 5.74) is 2.70. The zero-order valence-corrected chi connectivity index (χ0v) is 11.5.